The molecule has 0 spiro atoms. The van der Waals surface area contributed by atoms with Gasteiger partial charge in [0.25, 0.3) is 0 Å². The van der Waals surface area contributed by atoms with Crippen LogP contribution in [0.2, 0.25) is 0 Å². The highest BCUT2D eigenvalue weighted by Gasteiger charge is 2.10. The molecule has 72 valence electrons. The molecule has 0 fully saturated rings. The number of nitrogen functional groups attached to an aromatic ring is 1. The molecular weight excluding hydrogens is 188 g/mol. The van der Waals surface area contributed by atoms with Crippen molar-refractivity contribution in [3.05, 3.63) is 24.3 Å². The van der Waals surface area contributed by atoms with Crippen molar-refractivity contribution in [3.8, 4) is 0 Å². The Labute approximate surface area is 78.0 Å². The Bertz CT molecular complexity index is 383. The van der Waals surface area contributed by atoms with E-state index in [0.29, 0.717) is 11.4 Å². The van der Waals surface area contributed by atoms with E-state index in [1.165, 1.54) is 11.4 Å². The zero-order valence-corrected chi connectivity index (χ0v) is 8.38. The quantitative estimate of drug-likeness (QED) is 0.713. The maximum Gasteiger partial charge on any atom is 0.231 e. The van der Waals surface area contributed by atoms with E-state index in [-0.39, 0.29) is 0 Å². The minimum atomic E-state index is -3.18. The van der Waals surface area contributed by atoms with E-state index in [9.17, 15) is 8.42 Å². The van der Waals surface area contributed by atoms with Gasteiger partial charge in [-0.1, -0.05) is 0 Å². The second kappa shape index (κ2) is 3.26. The maximum atomic E-state index is 11.1. The van der Waals surface area contributed by atoms with Crippen molar-refractivity contribution < 1.29 is 8.42 Å². The van der Waals surface area contributed by atoms with Crippen LogP contribution >= 0.6 is 0 Å². The molecule has 0 amide bonds. The topological polar surface area (TPSA) is 63.4 Å². The molecule has 4 nitrogen and oxygen atoms in total. The summed E-state index contributed by atoms with van der Waals surface area (Å²) in [5.74, 6) is 0. The van der Waals surface area contributed by atoms with Crippen LogP contribution in [0.3, 0.4) is 0 Å². The molecule has 1 rings (SSSR count). The first-order valence-electron chi connectivity index (χ1n) is 3.71. The SMILES string of the molecule is CN(c1ccc(N)cc1)S(C)(=O)=O. The van der Waals surface area contributed by atoms with Crippen LogP contribution in [0, 0.1) is 0 Å². The molecule has 0 aliphatic rings. The third kappa shape index (κ3) is 2.35. The first kappa shape index (κ1) is 9.85. The Hall–Kier alpha value is -1.23. The molecule has 0 aromatic heterocycles. The molecular formula is C8H12N2O2S. The normalized spacial score (nSPS) is 11.2. The average Bonchev–Trinajstić information content (AvgIpc) is 2.03. The lowest BCUT2D eigenvalue weighted by Crippen LogP contribution is -2.24. The van der Waals surface area contributed by atoms with Crippen LogP contribution in [0.4, 0.5) is 11.4 Å². The number of nitrogens with two attached hydrogens (primary N) is 1. The van der Waals surface area contributed by atoms with Crippen molar-refractivity contribution in [2.45, 2.75) is 0 Å². The van der Waals surface area contributed by atoms with Gasteiger partial charge >= 0.3 is 0 Å². The van der Waals surface area contributed by atoms with Crippen LogP contribution in [0.5, 0.6) is 0 Å². The second-order valence-corrected chi connectivity index (χ2v) is 4.84. The third-order valence-electron chi connectivity index (χ3n) is 1.75. The van der Waals surface area contributed by atoms with E-state index in [4.69, 9.17) is 5.73 Å². The first-order valence-corrected chi connectivity index (χ1v) is 5.55. The summed E-state index contributed by atoms with van der Waals surface area (Å²) in [7, 11) is -1.68. The van der Waals surface area contributed by atoms with Crippen molar-refractivity contribution in [3.63, 3.8) is 0 Å². The number of benzene rings is 1. The van der Waals surface area contributed by atoms with Gasteiger partial charge in [-0.2, -0.15) is 0 Å². The van der Waals surface area contributed by atoms with Crippen LogP contribution in [0.25, 0.3) is 0 Å². The molecule has 0 saturated heterocycles. The Morgan fingerprint density at radius 1 is 1.23 bits per heavy atom. The lowest BCUT2D eigenvalue weighted by Gasteiger charge is -2.16. The van der Waals surface area contributed by atoms with Crippen LogP contribution in [0.15, 0.2) is 24.3 Å². The van der Waals surface area contributed by atoms with Crippen molar-refractivity contribution in [1.82, 2.24) is 0 Å². The highest BCUT2D eigenvalue weighted by molar-refractivity contribution is 7.92. The predicted molar refractivity (Wildman–Crippen MR) is 54.1 cm³/mol. The van der Waals surface area contributed by atoms with Gasteiger partial charge in [0, 0.05) is 12.7 Å². The van der Waals surface area contributed by atoms with Crippen molar-refractivity contribution in [1.29, 1.82) is 0 Å². The van der Waals surface area contributed by atoms with Crippen molar-refractivity contribution in [2.24, 2.45) is 0 Å². The smallest absolute Gasteiger partial charge is 0.231 e. The monoisotopic (exact) mass is 200 g/mol. The molecule has 0 aliphatic carbocycles. The van der Waals surface area contributed by atoms with Gasteiger partial charge in [-0.05, 0) is 24.3 Å². The van der Waals surface area contributed by atoms with Gasteiger partial charge in [0.2, 0.25) is 10.0 Å². The molecule has 0 radical (unpaired) electrons. The lowest BCUT2D eigenvalue weighted by atomic mass is 10.3. The number of rotatable bonds is 2. The van der Waals surface area contributed by atoms with E-state index in [1.807, 2.05) is 0 Å². The summed E-state index contributed by atoms with van der Waals surface area (Å²) in [5, 5.41) is 0. The van der Waals surface area contributed by atoms with Crippen molar-refractivity contribution in [2.75, 3.05) is 23.3 Å². The molecule has 13 heavy (non-hydrogen) atoms. The van der Waals surface area contributed by atoms with Gasteiger partial charge < -0.3 is 5.73 Å². The van der Waals surface area contributed by atoms with E-state index in [1.54, 1.807) is 24.3 Å². The second-order valence-electron chi connectivity index (χ2n) is 2.82. The number of sulfonamides is 1. The molecule has 0 aliphatic heterocycles. The minimum Gasteiger partial charge on any atom is -0.399 e. The summed E-state index contributed by atoms with van der Waals surface area (Å²) in [6.45, 7) is 0. The van der Waals surface area contributed by atoms with Crippen LogP contribution in [-0.4, -0.2) is 21.7 Å². The van der Waals surface area contributed by atoms with Gasteiger partial charge in [-0.15, -0.1) is 0 Å². The van der Waals surface area contributed by atoms with E-state index >= 15 is 0 Å². The van der Waals surface area contributed by atoms with E-state index < -0.39 is 10.0 Å². The predicted octanol–water partition coefficient (Wildman–Crippen LogP) is 0.665. The fourth-order valence-corrected chi connectivity index (χ4v) is 1.38. The van der Waals surface area contributed by atoms with E-state index in [0.717, 1.165) is 6.26 Å². The summed E-state index contributed by atoms with van der Waals surface area (Å²) >= 11 is 0. The zero-order valence-electron chi connectivity index (χ0n) is 7.56. The molecule has 0 heterocycles. The molecule has 1 aromatic rings. The molecule has 0 unspecified atom stereocenters. The van der Waals surface area contributed by atoms with Crippen LogP contribution in [-0.2, 0) is 10.0 Å². The van der Waals surface area contributed by atoms with Crippen LogP contribution < -0.4 is 10.0 Å². The Morgan fingerprint density at radius 3 is 2.08 bits per heavy atom. The van der Waals surface area contributed by atoms with Gasteiger partial charge in [0.05, 0.1) is 11.9 Å². The highest BCUT2D eigenvalue weighted by atomic mass is 32.2. The lowest BCUT2D eigenvalue weighted by molar-refractivity contribution is 0.600. The molecule has 0 atom stereocenters. The van der Waals surface area contributed by atoms with Gasteiger partial charge in [0.15, 0.2) is 0 Å². The summed E-state index contributed by atoms with van der Waals surface area (Å²) in [5.41, 5.74) is 6.69. The van der Waals surface area contributed by atoms with Gasteiger partial charge in [0.1, 0.15) is 0 Å². The average molecular weight is 200 g/mol. The van der Waals surface area contributed by atoms with Crippen LogP contribution in [0.1, 0.15) is 0 Å². The van der Waals surface area contributed by atoms with Gasteiger partial charge in [-0.25, -0.2) is 8.42 Å². The fraction of sp³-hybridized carbons (Fsp3) is 0.250. The molecule has 2 N–H and O–H groups in total. The Balaban J connectivity index is 3.04. The maximum absolute atomic E-state index is 11.1. The van der Waals surface area contributed by atoms with Crippen molar-refractivity contribution >= 4 is 21.4 Å². The number of hydrogen-bond donors (Lipinski definition) is 1. The summed E-state index contributed by atoms with van der Waals surface area (Å²) < 4.78 is 23.4. The highest BCUT2D eigenvalue weighted by Crippen LogP contribution is 2.16. The van der Waals surface area contributed by atoms with E-state index in [2.05, 4.69) is 0 Å². The molecule has 5 heteroatoms. The zero-order chi connectivity index (χ0) is 10.1. The minimum absolute atomic E-state index is 0.608. The first-order chi connectivity index (χ1) is 5.91. The number of anilines is 2. The summed E-state index contributed by atoms with van der Waals surface area (Å²) in [6, 6.07) is 6.65. The molecule has 1 aromatic carbocycles. The number of nitrogens with zero attached hydrogens (tertiary/aromatic N) is 1. The standard InChI is InChI=1S/C8H12N2O2S/c1-10(13(2,11)12)8-5-3-7(9)4-6-8/h3-6H,9H2,1-2H3. The third-order valence-corrected chi connectivity index (χ3v) is 2.96. The summed E-state index contributed by atoms with van der Waals surface area (Å²) in [6.07, 6.45) is 1.16. The Morgan fingerprint density at radius 2 is 1.69 bits per heavy atom. The summed E-state index contributed by atoms with van der Waals surface area (Å²) in [4.78, 5) is 0. The molecule has 0 saturated carbocycles. The Kier molecular flexibility index (Phi) is 2.47. The number of hydrogen-bond acceptors (Lipinski definition) is 3. The molecule has 0 bridgehead atoms. The largest absolute Gasteiger partial charge is 0.399 e. The van der Waals surface area contributed by atoms with Gasteiger partial charge in [-0.3, -0.25) is 4.31 Å². The fourth-order valence-electron chi connectivity index (χ4n) is 0.876.